The lowest BCUT2D eigenvalue weighted by Crippen LogP contribution is -1.94. The molecule has 0 bridgehead atoms. The maximum Gasteiger partial charge on any atom is 0.276 e. The Morgan fingerprint density at radius 2 is 1.10 bits per heavy atom. The first-order valence-electron chi connectivity index (χ1n) is 9.23. The molecular formula is C23H18N2O5. The molecule has 3 rings (SSSR count). The van der Waals surface area contributed by atoms with E-state index in [0.717, 1.165) is 0 Å². The zero-order valence-corrected chi connectivity index (χ0v) is 15.9. The van der Waals surface area contributed by atoms with Crippen LogP contribution in [0.15, 0.2) is 84.0 Å². The Morgan fingerprint density at radius 3 is 1.50 bits per heavy atom. The van der Waals surface area contributed by atoms with E-state index in [9.17, 15) is 25.0 Å². The van der Waals surface area contributed by atoms with Gasteiger partial charge in [0.1, 0.15) is 0 Å². The summed E-state index contributed by atoms with van der Waals surface area (Å²) < 4.78 is 0. The van der Waals surface area contributed by atoms with Crippen molar-refractivity contribution in [2.45, 2.75) is 12.8 Å². The van der Waals surface area contributed by atoms with Crippen LogP contribution in [0.3, 0.4) is 0 Å². The van der Waals surface area contributed by atoms with Gasteiger partial charge in [0, 0.05) is 23.3 Å². The van der Waals surface area contributed by atoms with Gasteiger partial charge in [0.15, 0.2) is 5.78 Å². The van der Waals surface area contributed by atoms with Gasteiger partial charge in [-0.05, 0) is 37.1 Å². The highest BCUT2D eigenvalue weighted by atomic mass is 16.6. The molecule has 2 aromatic rings. The molecule has 7 heteroatoms. The van der Waals surface area contributed by atoms with Gasteiger partial charge in [-0.25, -0.2) is 0 Å². The summed E-state index contributed by atoms with van der Waals surface area (Å²) in [5.74, 6) is -0.0885. The fourth-order valence-corrected chi connectivity index (χ4v) is 3.15. The lowest BCUT2D eigenvalue weighted by Gasteiger charge is -1.96. The molecule has 0 heterocycles. The molecule has 1 saturated carbocycles. The van der Waals surface area contributed by atoms with Crippen LogP contribution in [0.5, 0.6) is 0 Å². The van der Waals surface area contributed by atoms with Crippen molar-refractivity contribution < 1.29 is 14.6 Å². The molecule has 0 spiro atoms. The lowest BCUT2D eigenvalue weighted by atomic mass is 10.1. The maximum atomic E-state index is 12.5. The van der Waals surface area contributed by atoms with E-state index in [2.05, 4.69) is 0 Å². The third-order valence-electron chi connectivity index (χ3n) is 4.66. The maximum absolute atomic E-state index is 12.5. The fraction of sp³-hybridized carbons (Fsp3) is 0.0870. The molecule has 1 aliphatic rings. The van der Waals surface area contributed by atoms with Crippen molar-refractivity contribution in [1.82, 2.24) is 0 Å². The van der Waals surface area contributed by atoms with Gasteiger partial charge >= 0.3 is 0 Å². The van der Waals surface area contributed by atoms with Gasteiger partial charge in [0.05, 0.1) is 21.0 Å². The van der Waals surface area contributed by atoms with Crippen LogP contribution >= 0.6 is 0 Å². The Hall–Kier alpha value is -4.13. The van der Waals surface area contributed by atoms with E-state index in [-0.39, 0.29) is 17.2 Å². The van der Waals surface area contributed by atoms with Crippen LogP contribution in [0.4, 0.5) is 11.4 Å². The number of carbonyl (C=O) groups is 1. The molecule has 0 aromatic heterocycles. The minimum atomic E-state index is -0.447. The standard InChI is InChI=1S/C23H18N2O5/c26-23-19(11-5-9-17-7-1-3-13-21(17)24(27)28)15-16-20(23)12-6-10-18-8-2-4-14-22(18)25(29)30/h1-14H,15-16H2/b9-5+,10-6+,19-11+,20-12+. The Bertz CT molecular complexity index is 1040. The van der Waals surface area contributed by atoms with Crippen LogP contribution in [-0.2, 0) is 4.79 Å². The van der Waals surface area contributed by atoms with Crippen molar-refractivity contribution in [3.05, 3.63) is 115 Å². The molecule has 150 valence electrons. The molecule has 2 aromatic carbocycles. The molecule has 0 saturated heterocycles. The number of carbonyl (C=O) groups excluding carboxylic acids is 1. The summed E-state index contributed by atoms with van der Waals surface area (Å²) >= 11 is 0. The highest BCUT2D eigenvalue weighted by Gasteiger charge is 2.21. The third-order valence-corrected chi connectivity index (χ3v) is 4.66. The molecule has 0 N–H and O–H groups in total. The summed E-state index contributed by atoms with van der Waals surface area (Å²) in [6.07, 6.45) is 11.0. The molecule has 30 heavy (non-hydrogen) atoms. The van der Waals surface area contributed by atoms with Crippen molar-refractivity contribution in [1.29, 1.82) is 0 Å². The Labute approximate surface area is 172 Å². The number of ketones is 1. The van der Waals surface area contributed by atoms with Crippen molar-refractivity contribution in [2.75, 3.05) is 0 Å². The van der Waals surface area contributed by atoms with E-state index in [0.29, 0.717) is 35.1 Å². The van der Waals surface area contributed by atoms with Crippen LogP contribution < -0.4 is 0 Å². The minimum absolute atomic E-state index is 0.00521. The smallest absolute Gasteiger partial charge is 0.276 e. The minimum Gasteiger partial charge on any atom is -0.289 e. The monoisotopic (exact) mass is 402 g/mol. The number of nitro benzene ring substituents is 2. The van der Waals surface area contributed by atoms with Crippen molar-refractivity contribution in [3.63, 3.8) is 0 Å². The summed E-state index contributed by atoms with van der Waals surface area (Å²) in [5, 5.41) is 22.1. The number of nitrogens with zero attached hydrogens (tertiary/aromatic N) is 2. The topological polar surface area (TPSA) is 103 Å². The highest BCUT2D eigenvalue weighted by molar-refractivity contribution is 6.11. The van der Waals surface area contributed by atoms with Gasteiger partial charge < -0.3 is 0 Å². The number of hydrogen-bond donors (Lipinski definition) is 0. The highest BCUT2D eigenvalue weighted by Crippen LogP contribution is 2.27. The Morgan fingerprint density at radius 1 is 0.700 bits per heavy atom. The van der Waals surface area contributed by atoms with Crippen LogP contribution in [0.25, 0.3) is 12.2 Å². The number of rotatable bonds is 6. The second-order valence-electron chi connectivity index (χ2n) is 6.56. The van der Waals surface area contributed by atoms with Crippen LogP contribution in [0.1, 0.15) is 24.0 Å². The fourth-order valence-electron chi connectivity index (χ4n) is 3.15. The van der Waals surface area contributed by atoms with Gasteiger partial charge in [-0.1, -0.05) is 48.6 Å². The molecule has 0 amide bonds. The Kier molecular flexibility index (Phi) is 6.44. The zero-order chi connectivity index (χ0) is 21.5. The molecule has 0 radical (unpaired) electrons. The average molecular weight is 402 g/mol. The molecule has 7 nitrogen and oxygen atoms in total. The van der Waals surface area contributed by atoms with Crippen LogP contribution in [-0.4, -0.2) is 15.6 Å². The van der Waals surface area contributed by atoms with Crippen LogP contribution in [0, 0.1) is 20.2 Å². The normalized spacial score (nSPS) is 16.9. The predicted molar refractivity (Wildman–Crippen MR) is 115 cm³/mol. The first-order valence-corrected chi connectivity index (χ1v) is 9.23. The summed E-state index contributed by atoms with van der Waals surface area (Å²) in [6, 6.07) is 12.8. The van der Waals surface area contributed by atoms with Gasteiger partial charge in [-0.2, -0.15) is 0 Å². The first-order chi connectivity index (χ1) is 14.5. The van der Waals surface area contributed by atoms with E-state index in [1.54, 1.807) is 72.9 Å². The summed E-state index contributed by atoms with van der Waals surface area (Å²) in [4.78, 5) is 33.7. The van der Waals surface area contributed by atoms with Crippen molar-refractivity contribution in [3.8, 4) is 0 Å². The number of benzene rings is 2. The van der Waals surface area contributed by atoms with Crippen LogP contribution in [0.2, 0.25) is 0 Å². The third kappa shape index (κ3) is 4.82. The molecule has 0 atom stereocenters. The summed E-state index contributed by atoms with van der Waals surface area (Å²) in [6.45, 7) is 0. The quantitative estimate of drug-likeness (QED) is 0.363. The van der Waals surface area contributed by atoms with Crippen molar-refractivity contribution >= 4 is 29.3 Å². The van der Waals surface area contributed by atoms with E-state index in [1.165, 1.54) is 12.1 Å². The molecule has 0 unspecified atom stereocenters. The van der Waals surface area contributed by atoms with E-state index < -0.39 is 9.85 Å². The van der Waals surface area contributed by atoms with E-state index in [4.69, 9.17) is 0 Å². The summed E-state index contributed by atoms with van der Waals surface area (Å²) in [5.41, 5.74) is 2.18. The number of allylic oxidation sites excluding steroid dienone is 6. The second kappa shape index (κ2) is 9.38. The van der Waals surface area contributed by atoms with E-state index >= 15 is 0 Å². The molecule has 0 aliphatic heterocycles. The number of hydrogen-bond acceptors (Lipinski definition) is 5. The summed E-state index contributed by atoms with van der Waals surface area (Å²) in [7, 11) is 0. The Balaban J connectivity index is 1.72. The molecule has 1 fully saturated rings. The number of para-hydroxylation sites is 2. The van der Waals surface area contributed by atoms with Gasteiger partial charge in [-0.15, -0.1) is 0 Å². The first kappa shape index (κ1) is 20.6. The van der Waals surface area contributed by atoms with Gasteiger partial charge in [0.25, 0.3) is 11.4 Å². The van der Waals surface area contributed by atoms with Gasteiger partial charge in [-0.3, -0.25) is 25.0 Å². The number of nitro groups is 2. The predicted octanol–water partition coefficient (Wildman–Crippen LogP) is 5.45. The molecule has 1 aliphatic carbocycles. The van der Waals surface area contributed by atoms with E-state index in [1.807, 2.05) is 0 Å². The zero-order valence-electron chi connectivity index (χ0n) is 15.9. The second-order valence-corrected chi connectivity index (χ2v) is 6.56. The van der Waals surface area contributed by atoms with Crippen molar-refractivity contribution in [2.24, 2.45) is 0 Å². The molecular weight excluding hydrogens is 384 g/mol. The lowest BCUT2D eigenvalue weighted by molar-refractivity contribution is -0.385. The number of Topliss-reactive ketones (excluding diaryl/α,β-unsaturated/α-hetero) is 1. The van der Waals surface area contributed by atoms with Gasteiger partial charge in [0.2, 0.25) is 0 Å². The average Bonchev–Trinajstić information content (AvgIpc) is 3.08. The SMILES string of the molecule is O=C1/C(=C/C=C/c2ccccc2[N+](=O)[O-])CC/C1=C\C=C\c1ccccc1[N+](=O)[O-]. The largest absolute Gasteiger partial charge is 0.289 e.